The summed E-state index contributed by atoms with van der Waals surface area (Å²) < 4.78 is 6.70. The van der Waals surface area contributed by atoms with Gasteiger partial charge in [-0.15, -0.1) is 0 Å². The summed E-state index contributed by atoms with van der Waals surface area (Å²) >= 11 is 5.88. The van der Waals surface area contributed by atoms with E-state index in [1.54, 1.807) is 18.0 Å². The van der Waals surface area contributed by atoms with Gasteiger partial charge in [-0.3, -0.25) is 16.0 Å². The van der Waals surface area contributed by atoms with Crippen LogP contribution in [0, 0.1) is 0 Å². The van der Waals surface area contributed by atoms with Gasteiger partial charge in [-0.2, -0.15) is 5.10 Å². The first-order valence-corrected chi connectivity index (χ1v) is 4.30. The number of nitrogens with zero attached hydrogens (tertiary/aromatic N) is 2. The lowest BCUT2D eigenvalue weighted by molar-refractivity contribution is 0.182. The Kier molecular flexibility index (Phi) is 4.17. The van der Waals surface area contributed by atoms with Crippen LogP contribution in [0.4, 0.5) is 0 Å². The fourth-order valence-corrected chi connectivity index (χ4v) is 1.24. The molecule has 0 atom stereocenters. The van der Waals surface area contributed by atoms with E-state index in [1.165, 1.54) is 0 Å². The van der Waals surface area contributed by atoms with Gasteiger partial charge in [-0.1, -0.05) is 11.6 Å². The lowest BCUT2D eigenvalue weighted by Crippen LogP contribution is -2.23. The Morgan fingerprint density at radius 2 is 2.54 bits per heavy atom. The van der Waals surface area contributed by atoms with Crippen molar-refractivity contribution in [1.82, 2.24) is 15.2 Å². The smallest absolute Gasteiger partial charge is 0.0831 e. The number of nitrogens with one attached hydrogen (secondary N) is 1. The molecule has 0 saturated carbocycles. The van der Waals surface area contributed by atoms with Crippen LogP contribution in [0.3, 0.4) is 0 Å². The maximum Gasteiger partial charge on any atom is 0.0831 e. The molecule has 0 aliphatic rings. The highest BCUT2D eigenvalue weighted by Crippen LogP contribution is 2.14. The third-order valence-electron chi connectivity index (χ3n) is 1.67. The van der Waals surface area contributed by atoms with Gasteiger partial charge >= 0.3 is 0 Å². The van der Waals surface area contributed by atoms with Crippen molar-refractivity contribution in [3.8, 4) is 0 Å². The number of nitrogens with two attached hydrogens (primary N) is 1. The molecule has 0 unspecified atom stereocenters. The lowest BCUT2D eigenvalue weighted by atomic mass is 10.4. The minimum Gasteiger partial charge on any atom is -0.383 e. The Balaban J connectivity index is 2.68. The number of halogens is 1. The van der Waals surface area contributed by atoms with Crippen LogP contribution in [-0.4, -0.2) is 23.5 Å². The zero-order valence-corrected chi connectivity index (χ0v) is 8.21. The molecular weight excluding hydrogens is 192 g/mol. The molecule has 74 valence electrons. The third kappa shape index (κ3) is 2.67. The largest absolute Gasteiger partial charge is 0.383 e. The molecule has 13 heavy (non-hydrogen) atoms. The summed E-state index contributed by atoms with van der Waals surface area (Å²) in [5, 5.41) is 4.70. The van der Waals surface area contributed by atoms with Crippen LogP contribution in [0.2, 0.25) is 5.02 Å². The van der Waals surface area contributed by atoms with Gasteiger partial charge in [-0.05, 0) is 0 Å². The first kappa shape index (κ1) is 10.5. The molecule has 1 heterocycles. The van der Waals surface area contributed by atoms with Crippen molar-refractivity contribution in [2.45, 2.75) is 13.1 Å². The Bertz CT molecular complexity index is 263. The van der Waals surface area contributed by atoms with Crippen LogP contribution in [0.15, 0.2) is 6.20 Å². The maximum atomic E-state index is 5.88. The number of methoxy groups -OCH3 is 1. The second-order valence-electron chi connectivity index (χ2n) is 2.54. The van der Waals surface area contributed by atoms with E-state index in [1.807, 2.05) is 0 Å². The second kappa shape index (κ2) is 5.18. The van der Waals surface area contributed by atoms with E-state index in [-0.39, 0.29) is 0 Å². The molecule has 0 spiro atoms. The summed E-state index contributed by atoms with van der Waals surface area (Å²) in [5.74, 6) is 5.21. The van der Waals surface area contributed by atoms with Crippen molar-refractivity contribution in [3.05, 3.63) is 16.9 Å². The molecular formula is C7H13ClN4O. The number of hydrazine groups is 1. The van der Waals surface area contributed by atoms with Crippen LogP contribution < -0.4 is 11.3 Å². The molecule has 0 aromatic carbocycles. The number of ether oxygens (including phenoxy) is 1. The topological polar surface area (TPSA) is 65.1 Å². The summed E-state index contributed by atoms with van der Waals surface area (Å²) in [6, 6.07) is 0. The van der Waals surface area contributed by atoms with E-state index >= 15 is 0 Å². The summed E-state index contributed by atoms with van der Waals surface area (Å²) in [4.78, 5) is 0. The van der Waals surface area contributed by atoms with E-state index in [2.05, 4.69) is 10.5 Å². The monoisotopic (exact) mass is 204 g/mol. The number of rotatable bonds is 5. The molecule has 0 aliphatic heterocycles. The average molecular weight is 205 g/mol. The summed E-state index contributed by atoms with van der Waals surface area (Å²) in [6.45, 7) is 1.79. The minimum atomic E-state index is 0.503. The van der Waals surface area contributed by atoms with Crippen molar-refractivity contribution in [2.24, 2.45) is 5.84 Å². The van der Waals surface area contributed by atoms with E-state index < -0.39 is 0 Å². The molecule has 0 saturated heterocycles. The highest BCUT2D eigenvalue weighted by atomic mass is 35.5. The zero-order chi connectivity index (χ0) is 9.68. The Labute approximate surface area is 81.8 Å². The van der Waals surface area contributed by atoms with Crippen molar-refractivity contribution in [2.75, 3.05) is 13.7 Å². The van der Waals surface area contributed by atoms with Gasteiger partial charge in [0.05, 0.1) is 36.6 Å². The van der Waals surface area contributed by atoms with Crippen LogP contribution >= 0.6 is 11.6 Å². The van der Waals surface area contributed by atoms with Gasteiger partial charge in [0.2, 0.25) is 0 Å². The fraction of sp³-hybridized carbons (Fsp3) is 0.571. The molecule has 0 bridgehead atoms. The predicted molar refractivity (Wildman–Crippen MR) is 50.1 cm³/mol. The molecule has 6 heteroatoms. The van der Waals surface area contributed by atoms with Gasteiger partial charge in [0.15, 0.2) is 0 Å². The van der Waals surface area contributed by atoms with Gasteiger partial charge in [-0.25, -0.2) is 0 Å². The van der Waals surface area contributed by atoms with E-state index in [0.29, 0.717) is 24.7 Å². The van der Waals surface area contributed by atoms with Crippen LogP contribution in [0.25, 0.3) is 0 Å². The quantitative estimate of drug-likeness (QED) is 0.529. The van der Waals surface area contributed by atoms with Crippen LogP contribution in [0.5, 0.6) is 0 Å². The summed E-state index contributed by atoms with van der Waals surface area (Å²) in [5.41, 5.74) is 3.42. The second-order valence-corrected chi connectivity index (χ2v) is 2.94. The van der Waals surface area contributed by atoms with Crippen molar-refractivity contribution < 1.29 is 4.74 Å². The van der Waals surface area contributed by atoms with Crippen LogP contribution in [0.1, 0.15) is 5.69 Å². The normalized spacial score (nSPS) is 10.7. The molecule has 1 aromatic heterocycles. The van der Waals surface area contributed by atoms with E-state index in [4.69, 9.17) is 22.2 Å². The zero-order valence-electron chi connectivity index (χ0n) is 7.46. The number of aromatic nitrogens is 2. The highest BCUT2D eigenvalue weighted by Gasteiger charge is 2.07. The highest BCUT2D eigenvalue weighted by molar-refractivity contribution is 6.31. The molecule has 5 nitrogen and oxygen atoms in total. The SMILES string of the molecule is COCCn1ncc(Cl)c1CNN. The Hall–Kier alpha value is -0.620. The lowest BCUT2D eigenvalue weighted by Gasteiger charge is -2.06. The third-order valence-corrected chi connectivity index (χ3v) is 1.99. The fourth-order valence-electron chi connectivity index (χ4n) is 1.03. The van der Waals surface area contributed by atoms with Crippen molar-refractivity contribution in [1.29, 1.82) is 0 Å². The number of hydrogen-bond acceptors (Lipinski definition) is 4. The van der Waals surface area contributed by atoms with E-state index in [0.717, 1.165) is 5.69 Å². The van der Waals surface area contributed by atoms with Crippen molar-refractivity contribution in [3.63, 3.8) is 0 Å². The minimum absolute atomic E-state index is 0.503. The van der Waals surface area contributed by atoms with E-state index in [9.17, 15) is 0 Å². The van der Waals surface area contributed by atoms with Gasteiger partial charge in [0.1, 0.15) is 0 Å². The number of hydrogen-bond donors (Lipinski definition) is 2. The molecule has 0 fully saturated rings. The predicted octanol–water partition coefficient (Wildman–Crippen LogP) is 0.146. The van der Waals surface area contributed by atoms with Gasteiger partial charge < -0.3 is 4.74 Å². The van der Waals surface area contributed by atoms with Crippen LogP contribution in [-0.2, 0) is 17.8 Å². The molecule has 0 aliphatic carbocycles. The molecule has 3 N–H and O–H groups in total. The summed E-state index contributed by atoms with van der Waals surface area (Å²) in [6.07, 6.45) is 1.60. The standard InChI is InChI=1S/C7H13ClN4O/c1-13-3-2-12-7(5-10-9)6(8)4-11-12/h4,10H,2-3,5,9H2,1H3. The molecule has 0 amide bonds. The van der Waals surface area contributed by atoms with Gasteiger partial charge in [0.25, 0.3) is 0 Å². The first-order chi connectivity index (χ1) is 6.29. The maximum absolute atomic E-state index is 5.88. The Morgan fingerprint density at radius 1 is 1.77 bits per heavy atom. The average Bonchev–Trinajstić information content (AvgIpc) is 2.46. The molecule has 1 aromatic rings. The van der Waals surface area contributed by atoms with Gasteiger partial charge in [0, 0.05) is 7.11 Å². The molecule has 0 radical (unpaired) electrons. The first-order valence-electron chi connectivity index (χ1n) is 3.92. The van der Waals surface area contributed by atoms with Crippen molar-refractivity contribution >= 4 is 11.6 Å². The summed E-state index contributed by atoms with van der Waals surface area (Å²) in [7, 11) is 1.64. The molecule has 1 rings (SSSR count). The Morgan fingerprint density at radius 3 is 3.15 bits per heavy atom.